The van der Waals surface area contributed by atoms with Gasteiger partial charge in [-0.25, -0.2) is 4.39 Å². The fourth-order valence-electron chi connectivity index (χ4n) is 4.62. The summed E-state index contributed by atoms with van der Waals surface area (Å²) >= 11 is 0. The van der Waals surface area contributed by atoms with Crippen molar-refractivity contribution in [1.82, 2.24) is 10.6 Å². The van der Waals surface area contributed by atoms with E-state index in [1.54, 1.807) is 0 Å². The van der Waals surface area contributed by atoms with Crippen LogP contribution in [0.1, 0.15) is 32.2 Å². The molecule has 11 heteroatoms. The van der Waals surface area contributed by atoms with Gasteiger partial charge in [0.15, 0.2) is 11.5 Å². The van der Waals surface area contributed by atoms with Gasteiger partial charge in [-0.2, -0.15) is 0 Å². The second-order valence-corrected chi connectivity index (χ2v) is 7.93. The van der Waals surface area contributed by atoms with E-state index in [2.05, 4.69) is 10.6 Å². The number of aliphatic hydroxyl groups is 3. The number of benzene rings is 2. The summed E-state index contributed by atoms with van der Waals surface area (Å²) < 4.78 is 23.7. The van der Waals surface area contributed by atoms with E-state index < -0.39 is 59.7 Å². The van der Waals surface area contributed by atoms with Gasteiger partial charge in [0.05, 0.1) is 17.6 Å². The van der Waals surface area contributed by atoms with Gasteiger partial charge in [0.2, 0.25) is 12.5 Å². The van der Waals surface area contributed by atoms with E-state index in [9.17, 15) is 34.4 Å². The topological polar surface area (TPSA) is 158 Å². The fourth-order valence-corrected chi connectivity index (χ4v) is 4.62. The van der Waals surface area contributed by atoms with Crippen LogP contribution in [0, 0.1) is 5.82 Å². The fraction of sp³-hybridized carbons (Fsp3) is 0.333. The van der Waals surface area contributed by atoms with Crippen molar-refractivity contribution in [1.29, 1.82) is 0 Å². The summed E-state index contributed by atoms with van der Waals surface area (Å²) in [6.45, 7) is -0.170. The Morgan fingerprint density at radius 3 is 2.53 bits per heavy atom. The predicted molar refractivity (Wildman–Crippen MR) is 104 cm³/mol. The molecule has 0 spiro atoms. The van der Waals surface area contributed by atoms with E-state index in [1.165, 1.54) is 18.2 Å². The van der Waals surface area contributed by atoms with Crippen molar-refractivity contribution in [2.45, 2.75) is 36.3 Å². The van der Waals surface area contributed by atoms with Gasteiger partial charge in [-0.05, 0) is 35.9 Å². The third-order valence-corrected chi connectivity index (χ3v) is 6.17. The molecule has 10 nitrogen and oxygen atoms in total. The molecular weight excluding hydrogens is 427 g/mol. The number of phenolic OH excluding ortho intramolecular Hbond substituents is 1. The van der Waals surface area contributed by atoms with Gasteiger partial charge < -0.3 is 40.5 Å². The summed E-state index contributed by atoms with van der Waals surface area (Å²) in [6, 6.07) is 3.88. The summed E-state index contributed by atoms with van der Waals surface area (Å²) in [5, 5.41) is 47.4. The standard InChI is InChI=1S/C21H19FN2O8/c22-8-3-1-7(2-4-8)20(29)23-13-11-9-5-10-19(32-6-31-10)15(25)12(9)21(30)24-14(11)17(27)18(28)16(13)26/h1-5,11,13-14,16-18,25-28H,6H2,(H,23,29)(H,24,30)/t11-,13+,14+,16-,17-,18+/m0/s1. The number of ether oxygens (including phenoxy) is 2. The van der Waals surface area contributed by atoms with Crippen LogP contribution in [0.4, 0.5) is 4.39 Å². The van der Waals surface area contributed by atoms with Gasteiger partial charge in [0.25, 0.3) is 11.8 Å². The van der Waals surface area contributed by atoms with Crippen molar-refractivity contribution < 1.29 is 43.9 Å². The quantitative estimate of drug-likeness (QED) is 0.355. The highest BCUT2D eigenvalue weighted by Crippen LogP contribution is 2.50. The summed E-state index contributed by atoms with van der Waals surface area (Å²) in [7, 11) is 0. The molecule has 0 bridgehead atoms. The third-order valence-electron chi connectivity index (χ3n) is 6.17. The molecule has 2 aliphatic heterocycles. The highest BCUT2D eigenvalue weighted by Gasteiger charge is 2.54. The minimum Gasteiger partial charge on any atom is -0.504 e. The number of rotatable bonds is 2. The van der Waals surface area contributed by atoms with Crippen LogP contribution in [0.25, 0.3) is 0 Å². The molecule has 5 rings (SSSR count). The number of aliphatic hydroxyl groups excluding tert-OH is 3. The Kier molecular flexibility index (Phi) is 4.69. The van der Waals surface area contributed by atoms with Crippen molar-refractivity contribution in [3.8, 4) is 17.2 Å². The first-order valence-electron chi connectivity index (χ1n) is 9.85. The average molecular weight is 446 g/mol. The van der Waals surface area contributed by atoms with Crippen LogP contribution >= 0.6 is 0 Å². The van der Waals surface area contributed by atoms with Crippen molar-refractivity contribution in [3.05, 3.63) is 52.8 Å². The molecule has 0 unspecified atom stereocenters. The zero-order chi connectivity index (χ0) is 22.7. The van der Waals surface area contributed by atoms with E-state index >= 15 is 0 Å². The van der Waals surface area contributed by atoms with Gasteiger partial charge in [-0.3, -0.25) is 9.59 Å². The molecule has 6 atom stereocenters. The van der Waals surface area contributed by atoms with Gasteiger partial charge in [0, 0.05) is 11.5 Å². The van der Waals surface area contributed by atoms with Crippen molar-refractivity contribution in [3.63, 3.8) is 0 Å². The molecule has 168 valence electrons. The van der Waals surface area contributed by atoms with E-state index in [-0.39, 0.29) is 35.0 Å². The van der Waals surface area contributed by atoms with Crippen molar-refractivity contribution in [2.75, 3.05) is 6.79 Å². The zero-order valence-electron chi connectivity index (χ0n) is 16.4. The first kappa shape index (κ1) is 20.5. The van der Waals surface area contributed by atoms with Crippen LogP contribution < -0.4 is 20.1 Å². The number of aromatic hydroxyl groups is 1. The molecule has 0 radical (unpaired) electrons. The SMILES string of the molecule is O=C(N[C@H]1[C@H](O)[C@@H](O)[C@@H](O)[C@@H]2NC(=O)c3c(cc4c(c3O)OCO4)[C@@H]12)c1ccc(F)cc1. The highest BCUT2D eigenvalue weighted by atomic mass is 19.1. The molecule has 32 heavy (non-hydrogen) atoms. The Bertz CT molecular complexity index is 1110. The molecule has 3 aliphatic rings. The Morgan fingerprint density at radius 2 is 1.81 bits per heavy atom. The number of fused-ring (bicyclic) bond motifs is 4. The number of carbonyl (C=O) groups is 2. The van der Waals surface area contributed by atoms with E-state index in [1.807, 2.05) is 0 Å². The molecule has 2 aromatic carbocycles. The minimum absolute atomic E-state index is 0.0128. The molecular formula is C21H19FN2O8. The first-order valence-corrected chi connectivity index (χ1v) is 9.85. The normalized spacial score (nSPS) is 30.2. The lowest BCUT2D eigenvalue weighted by molar-refractivity contribution is -0.117. The molecule has 2 amide bonds. The van der Waals surface area contributed by atoms with Gasteiger partial charge in [0.1, 0.15) is 24.1 Å². The minimum atomic E-state index is -1.68. The van der Waals surface area contributed by atoms with Crippen LogP contribution in [-0.4, -0.2) is 69.4 Å². The van der Waals surface area contributed by atoms with E-state index in [0.29, 0.717) is 0 Å². The van der Waals surface area contributed by atoms with Gasteiger partial charge >= 0.3 is 0 Å². The third kappa shape index (κ3) is 2.97. The highest BCUT2D eigenvalue weighted by molar-refractivity contribution is 6.02. The summed E-state index contributed by atoms with van der Waals surface area (Å²) in [5.41, 5.74) is 0.159. The molecule has 0 saturated heterocycles. The molecule has 0 aromatic heterocycles. The second-order valence-electron chi connectivity index (χ2n) is 7.93. The van der Waals surface area contributed by atoms with Gasteiger partial charge in [-0.1, -0.05) is 0 Å². The molecule has 1 fully saturated rings. The summed E-state index contributed by atoms with van der Waals surface area (Å²) in [5.74, 6) is -3.18. The Hall–Kier alpha value is -3.41. The van der Waals surface area contributed by atoms with E-state index in [4.69, 9.17) is 9.47 Å². The van der Waals surface area contributed by atoms with Crippen molar-refractivity contribution >= 4 is 11.8 Å². The van der Waals surface area contributed by atoms with Gasteiger partial charge in [-0.15, -0.1) is 0 Å². The average Bonchev–Trinajstić information content (AvgIpc) is 3.24. The lowest BCUT2D eigenvalue weighted by Crippen LogP contribution is -2.69. The smallest absolute Gasteiger partial charge is 0.255 e. The number of halogens is 1. The predicted octanol–water partition coefficient (Wildman–Crippen LogP) is -0.649. The molecule has 1 aliphatic carbocycles. The number of nitrogens with one attached hydrogen (secondary N) is 2. The second kappa shape index (κ2) is 7.33. The number of amides is 2. The number of hydrogen-bond donors (Lipinski definition) is 6. The Morgan fingerprint density at radius 1 is 1.09 bits per heavy atom. The summed E-state index contributed by atoms with van der Waals surface area (Å²) in [4.78, 5) is 25.5. The number of phenols is 1. The Balaban J connectivity index is 1.59. The van der Waals surface area contributed by atoms with Crippen LogP contribution in [0.3, 0.4) is 0 Å². The van der Waals surface area contributed by atoms with Crippen LogP contribution in [0.5, 0.6) is 17.2 Å². The molecule has 2 heterocycles. The maximum Gasteiger partial charge on any atom is 0.255 e. The van der Waals surface area contributed by atoms with E-state index in [0.717, 1.165) is 12.1 Å². The largest absolute Gasteiger partial charge is 0.504 e. The molecule has 2 aromatic rings. The van der Waals surface area contributed by atoms with Crippen molar-refractivity contribution in [2.24, 2.45) is 0 Å². The van der Waals surface area contributed by atoms with Crippen LogP contribution in [0.2, 0.25) is 0 Å². The summed E-state index contributed by atoms with van der Waals surface area (Å²) in [6.07, 6.45) is -4.86. The number of hydrogen-bond acceptors (Lipinski definition) is 8. The Labute approximate surface area is 180 Å². The lowest BCUT2D eigenvalue weighted by Gasteiger charge is -2.49. The maximum absolute atomic E-state index is 13.2. The maximum atomic E-state index is 13.2. The van der Waals surface area contributed by atoms with Crippen LogP contribution in [-0.2, 0) is 0 Å². The monoisotopic (exact) mass is 446 g/mol. The van der Waals surface area contributed by atoms with Crippen LogP contribution in [0.15, 0.2) is 30.3 Å². The zero-order valence-corrected chi connectivity index (χ0v) is 16.4. The first-order chi connectivity index (χ1) is 15.3. The lowest BCUT2D eigenvalue weighted by atomic mass is 9.68. The molecule has 1 saturated carbocycles. The molecule has 6 N–H and O–H groups in total. The number of carbonyl (C=O) groups excluding carboxylic acids is 2.